The summed E-state index contributed by atoms with van der Waals surface area (Å²) in [6, 6.07) is 0.200. The molecule has 0 fully saturated rings. The summed E-state index contributed by atoms with van der Waals surface area (Å²) < 4.78 is 1.96. The summed E-state index contributed by atoms with van der Waals surface area (Å²) in [5, 5.41) is 4.45. The Labute approximate surface area is 99.4 Å². The van der Waals surface area contributed by atoms with Crippen molar-refractivity contribution in [1.29, 1.82) is 0 Å². The van der Waals surface area contributed by atoms with Crippen molar-refractivity contribution in [2.24, 2.45) is 7.05 Å². The van der Waals surface area contributed by atoms with Crippen LogP contribution in [0.15, 0.2) is 18.6 Å². The van der Waals surface area contributed by atoms with Crippen molar-refractivity contribution in [2.45, 2.75) is 26.3 Å². The second kappa shape index (κ2) is 4.65. The van der Waals surface area contributed by atoms with E-state index in [2.05, 4.69) is 29.1 Å². The third kappa shape index (κ3) is 2.24. The van der Waals surface area contributed by atoms with Crippen LogP contribution in [0.5, 0.6) is 0 Å². The molecule has 0 aliphatic heterocycles. The van der Waals surface area contributed by atoms with Gasteiger partial charge >= 0.3 is 0 Å². The number of hydrogen-bond acceptors (Lipinski definition) is 4. The molecule has 2 heterocycles. The zero-order chi connectivity index (χ0) is 11.5. The maximum Gasteiger partial charge on any atom is 0.203 e. The first-order chi connectivity index (χ1) is 7.70. The Kier molecular flexibility index (Phi) is 3.24. The lowest BCUT2D eigenvalue weighted by Gasteiger charge is -2.11. The summed E-state index contributed by atoms with van der Waals surface area (Å²) in [4.78, 5) is 9.98. The van der Waals surface area contributed by atoms with Crippen LogP contribution < -0.4 is 5.32 Å². The topological polar surface area (TPSA) is 42.7 Å². The highest BCUT2D eigenvalue weighted by molar-refractivity contribution is 7.11. The van der Waals surface area contributed by atoms with E-state index in [1.54, 1.807) is 17.5 Å². The molecule has 16 heavy (non-hydrogen) atoms. The maximum absolute atomic E-state index is 4.42. The zero-order valence-electron chi connectivity index (χ0n) is 9.77. The van der Waals surface area contributed by atoms with Crippen LogP contribution in [0.2, 0.25) is 0 Å². The Hall–Kier alpha value is -1.36. The van der Waals surface area contributed by atoms with E-state index < -0.39 is 0 Å². The standard InChI is InChI=1S/C11H16N4S/c1-4-9-7-13-10(16-9)8(2)14-11-12-5-6-15(11)3/h5-8H,4H2,1-3H3,(H,12,14). The second-order valence-electron chi connectivity index (χ2n) is 3.75. The minimum atomic E-state index is 0.200. The molecule has 0 spiro atoms. The van der Waals surface area contributed by atoms with Crippen molar-refractivity contribution in [3.8, 4) is 0 Å². The van der Waals surface area contributed by atoms with Gasteiger partial charge in [-0.3, -0.25) is 0 Å². The molecule has 0 amide bonds. The van der Waals surface area contributed by atoms with Gasteiger partial charge in [-0.2, -0.15) is 0 Å². The Morgan fingerprint density at radius 2 is 2.31 bits per heavy atom. The summed E-state index contributed by atoms with van der Waals surface area (Å²) in [5.41, 5.74) is 0. The SMILES string of the molecule is CCc1cnc(C(C)Nc2nccn2C)s1. The van der Waals surface area contributed by atoms with Crippen molar-refractivity contribution in [2.75, 3.05) is 5.32 Å². The van der Waals surface area contributed by atoms with E-state index in [0.29, 0.717) is 0 Å². The lowest BCUT2D eigenvalue weighted by Crippen LogP contribution is -2.09. The number of hydrogen-bond donors (Lipinski definition) is 1. The normalized spacial score (nSPS) is 12.7. The minimum Gasteiger partial charge on any atom is -0.347 e. The van der Waals surface area contributed by atoms with Gasteiger partial charge in [0.2, 0.25) is 5.95 Å². The predicted octanol–water partition coefficient (Wildman–Crippen LogP) is 2.61. The van der Waals surface area contributed by atoms with Crippen LogP contribution in [-0.2, 0) is 13.5 Å². The Morgan fingerprint density at radius 1 is 1.50 bits per heavy atom. The molecular weight excluding hydrogens is 220 g/mol. The van der Waals surface area contributed by atoms with E-state index in [-0.39, 0.29) is 6.04 Å². The molecule has 0 radical (unpaired) electrons. The van der Waals surface area contributed by atoms with Gasteiger partial charge in [0, 0.05) is 30.5 Å². The van der Waals surface area contributed by atoms with Crippen LogP contribution in [0.3, 0.4) is 0 Å². The van der Waals surface area contributed by atoms with Crippen LogP contribution >= 0.6 is 11.3 Å². The first-order valence-electron chi connectivity index (χ1n) is 5.39. The van der Waals surface area contributed by atoms with Gasteiger partial charge in [-0.15, -0.1) is 11.3 Å². The summed E-state index contributed by atoms with van der Waals surface area (Å²) in [6.45, 7) is 4.25. The lowest BCUT2D eigenvalue weighted by atomic mass is 10.3. The van der Waals surface area contributed by atoms with Crippen molar-refractivity contribution in [3.63, 3.8) is 0 Å². The molecule has 5 heteroatoms. The smallest absolute Gasteiger partial charge is 0.203 e. The predicted molar refractivity (Wildman–Crippen MR) is 66.7 cm³/mol. The molecule has 86 valence electrons. The highest BCUT2D eigenvalue weighted by Crippen LogP contribution is 2.22. The van der Waals surface area contributed by atoms with Crippen molar-refractivity contribution in [1.82, 2.24) is 14.5 Å². The van der Waals surface area contributed by atoms with Gasteiger partial charge in [0.15, 0.2) is 0 Å². The molecule has 0 bridgehead atoms. The summed E-state index contributed by atoms with van der Waals surface area (Å²) >= 11 is 1.76. The van der Waals surface area contributed by atoms with E-state index in [1.807, 2.05) is 24.0 Å². The van der Waals surface area contributed by atoms with Crippen molar-refractivity contribution in [3.05, 3.63) is 28.5 Å². The van der Waals surface area contributed by atoms with Crippen LogP contribution in [0.25, 0.3) is 0 Å². The van der Waals surface area contributed by atoms with Crippen LogP contribution in [0, 0.1) is 0 Å². The Morgan fingerprint density at radius 3 is 2.88 bits per heavy atom. The third-order valence-electron chi connectivity index (χ3n) is 2.46. The fourth-order valence-corrected chi connectivity index (χ4v) is 2.31. The van der Waals surface area contributed by atoms with Gasteiger partial charge in [0.1, 0.15) is 5.01 Å². The van der Waals surface area contributed by atoms with Gasteiger partial charge in [0.05, 0.1) is 6.04 Å². The molecule has 0 saturated carbocycles. The van der Waals surface area contributed by atoms with Gasteiger partial charge < -0.3 is 9.88 Å². The molecule has 0 aliphatic rings. The number of nitrogens with zero attached hydrogens (tertiary/aromatic N) is 3. The monoisotopic (exact) mass is 236 g/mol. The number of aromatic nitrogens is 3. The van der Waals surface area contributed by atoms with Crippen molar-refractivity contribution < 1.29 is 0 Å². The van der Waals surface area contributed by atoms with E-state index in [4.69, 9.17) is 0 Å². The molecule has 0 aliphatic carbocycles. The molecular formula is C11H16N4S. The van der Waals surface area contributed by atoms with E-state index in [0.717, 1.165) is 17.4 Å². The number of thiazole rings is 1. The fraction of sp³-hybridized carbons (Fsp3) is 0.455. The maximum atomic E-state index is 4.42. The van der Waals surface area contributed by atoms with Gasteiger partial charge in [-0.25, -0.2) is 9.97 Å². The molecule has 4 nitrogen and oxygen atoms in total. The number of nitrogens with one attached hydrogen (secondary N) is 1. The summed E-state index contributed by atoms with van der Waals surface area (Å²) in [5.74, 6) is 0.876. The summed E-state index contributed by atoms with van der Waals surface area (Å²) in [7, 11) is 1.97. The van der Waals surface area contributed by atoms with E-state index in [9.17, 15) is 0 Å². The Bertz CT molecular complexity index is 460. The lowest BCUT2D eigenvalue weighted by molar-refractivity contribution is 0.815. The van der Waals surface area contributed by atoms with Gasteiger partial charge in [-0.05, 0) is 13.3 Å². The molecule has 0 saturated heterocycles. The number of anilines is 1. The van der Waals surface area contributed by atoms with Crippen LogP contribution in [0.4, 0.5) is 5.95 Å². The zero-order valence-corrected chi connectivity index (χ0v) is 10.6. The third-order valence-corrected chi connectivity index (χ3v) is 3.78. The highest BCUT2D eigenvalue weighted by Gasteiger charge is 2.11. The summed E-state index contributed by atoms with van der Waals surface area (Å²) in [6.07, 6.45) is 6.71. The first kappa shape index (κ1) is 11.1. The molecule has 2 rings (SSSR count). The average Bonchev–Trinajstić information content (AvgIpc) is 2.88. The molecule has 1 atom stereocenters. The fourth-order valence-electron chi connectivity index (χ4n) is 1.45. The molecule has 1 unspecified atom stereocenters. The average molecular weight is 236 g/mol. The van der Waals surface area contributed by atoms with Crippen molar-refractivity contribution >= 4 is 17.3 Å². The van der Waals surface area contributed by atoms with Crippen LogP contribution in [0.1, 0.15) is 29.8 Å². The largest absolute Gasteiger partial charge is 0.347 e. The molecule has 0 aromatic carbocycles. The van der Waals surface area contributed by atoms with E-state index >= 15 is 0 Å². The Balaban J connectivity index is 2.08. The van der Waals surface area contributed by atoms with Gasteiger partial charge in [0.25, 0.3) is 0 Å². The molecule has 2 aromatic heterocycles. The molecule has 1 N–H and O–H groups in total. The number of aryl methyl sites for hydroxylation is 2. The highest BCUT2D eigenvalue weighted by atomic mass is 32.1. The number of imidazole rings is 1. The second-order valence-corrected chi connectivity index (χ2v) is 4.89. The number of rotatable bonds is 4. The first-order valence-corrected chi connectivity index (χ1v) is 6.20. The molecule has 2 aromatic rings. The minimum absolute atomic E-state index is 0.200. The van der Waals surface area contributed by atoms with Crippen LogP contribution in [-0.4, -0.2) is 14.5 Å². The quantitative estimate of drug-likeness (QED) is 0.887. The van der Waals surface area contributed by atoms with E-state index in [1.165, 1.54) is 4.88 Å². The van der Waals surface area contributed by atoms with Gasteiger partial charge in [-0.1, -0.05) is 6.92 Å².